The molecule has 0 aliphatic rings. The summed E-state index contributed by atoms with van der Waals surface area (Å²) < 4.78 is 9.79. The van der Waals surface area contributed by atoms with Gasteiger partial charge in [0.1, 0.15) is 12.6 Å². The van der Waals surface area contributed by atoms with Crippen LogP contribution < -0.4 is 0 Å². The van der Waals surface area contributed by atoms with E-state index in [1.54, 1.807) is 7.05 Å². The van der Waals surface area contributed by atoms with Crippen LogP contribution in [0.15, 0.2) is 24.3 Å². The van der Waals surface area contributed by atoms with Crippen LogP contribution in [0.1, 0.15) is 20.3 Å². The average molecular weight is 313 g/mol. The Morgan fingerprint density at radius 1 is 1.05 bits per heavy atom. The van der Waals surface area contributed by atoms with Crippen molar-refractivity contribution in [1.82, 2.24) is 4.90 Å². The van der Waals surface area contributed by atoms with Gasteiger partial charge in [-0.25, -0.2) is 9.59 Å². The fourth-order valence-corrected chi connectivity index (χ4v) is 1.48. The lowest BCUT2D eigenvalue weighted by Gasteiger charge is -2.24. The van der Waals surface area contributed by atoms with E-state index in [-0.39, 0.29) is 37.3 Å². The zero-order valence-corrected chi connectivity index (χ0v) is 13.3. The molecule has 1 atom stereocenters. The van der Waals surface area contributed by atoms with Crippen molar-refractivity contribution in [3.63, 3.8) is 0 Å². The quantitative estimate of drug-likeness (QED) is 0.475. The molecule has 0 fully saturated rings. The molecule has 0 aromatic carbocycles. The number of carbonyl (C=O) groups excluding carboxylic acids is 2. The van der Waals surface area contributed by atoms with Crippen molar-refractivity contribution in [2.24, 2.45) is 0 Å². The molecule has 0 aromatic rings. The third-order valence-corrected chi connectivity index (χ3v) is 2.82. The molecule has 0 aliphatic heterocycles. The molecule has 0 radical (unpaired) electrons. The summed E-state index contributed by atoms with van der Waals surface area (Å²) in [7, 11) is 1.59. The topological polar surface area (TPSA) is 93.1 Å². The van der Waals surface area contributed by atoms with Gasteiger partial charge in [-0.3, -0.25) is 9.69 Å². The second-order valence-electron chi connectivity index (χ2n) is 4.96. The zero-order chi connectivity index (χ0) is 17.3. The van der Waals surface area contributed by atoms with Gasteiger partial charge in [0, 0.05) is 24.1 Å². The Labute approximate surface area is 130 Å². The Bertz CT molecular complexity index is 457. The van der Waals surface area contributed by atoms with Crippen molar-refractivity contribution in [2.45, 2.75) is 26.3 Å². The highest BCUT2D eigenvalue weighted by Gasteiger charge is 2.23. The van der Waals surface area contributed by atoms with Gasteiger partial charge in [-0.2, -0.15) is 0 Å². The summed E-state index contributed by atoms with van der Waals surface area (Å²) in [5, 5.41) is 9.19. The minimum absolute atomic E-state index is 0.0292. The summed E-state index contributed by atoms with van der Waals surface area (Å²) in [4.78, 5) is 35.2. The number of aliphatic carboxylic acids is 1. The van der Waals surface area contributed by atoms with E-state index in [9.17, 15) is 19.5 Å². The van der Waals surface area contributed by atoms with Crippen molar-refractivity contribution in [1.29, 1.82) is 0 Å². The van der Waals surface area contributed by atoms with Crippen molar-refractivity contribution in [2.75, 3.05) is 26.8 Å². The SMILES string of the molecule is C=C(C)C(=O)OCCC(C(=O)O)N(C)CCOC(=O)C(=C)C. The summed E-state index contributed by atoms with van der Waals surface area (Å²) in [6.45, 7) is 10.2. The molecule has 124 valence electrons. The predicted octanol–water partition coefficient (Wildman–Crippen LogP) is 1.00. The maximum atomic E-state index is 11.2. The van der Waals surface area contributed by atoms with Gasteiger partial charge in [-0.1, -0.05) is 13.2 Å². The molecule has 0 heterocycles. The summed E-state index contributed by atoms with van der Waals surface area (Å²) in [5.74, 6) is -2.11. The largest absolute Gasteiger partial charge is 0.480 e. The maximum absolute atomic E-state index is 11.2. The van der Waals surface area contributed by atoms with Crippen molar-refractivity contribution < 1.29 is 29.0 Å². The molecule has 0 saturated heterocycles. The van der Waals surface area contributed by atoms with E-state index in [2.05, 4.69) is 13.2 Å². The lowest BCUT2D eigenvalue weighted by atomic mass is 10.2. The Hall–Kier alpha value is -2.15. The molecule has 7 heteroatoms. The molecular weight excluding hydrogens is 290 g/mol. The van der Waals surface area contributed by atoms with Gasteiger partial charge in [0.15, 0.2) is 0 Å². The first-order valence-electron chi connectivity index (χ1n) is 6.75. The Balaban J connectivity index is 4.28. The normalized spacial score (nSPS) is 11.6. The Kier molecular flexibility index (Phi) is 8.78. The monoisotopic (exact) mass is 313 g/mol. The highest BCUT2D eigenvalue weighted by atomic mass is 16.5. The maximum Gasteiger partial charge on any atom is 0.333 e. The lowest BCUT2D eigenvalue weighted by Crippen LogP contribution is -2.41. The number of carboxylic acids is 1. The van der Waals surface area contributed by atoms with Gasteiger partial charge in [-0.05, 0) is 20.9 Å². The number of hydrogen-bond donors (Lipinski definition) is 1. The van der Waals surface area contributed by atoms with Crippen LogP contribution in [-0.4, -0.2) is 60.8 Å². The first kappa shape index (κ1) is 19.9. The molecule has 1 unspecified atom stereocenters. The molecule has 7 nitrogen and oxygen atoms in total. The van der Waals surface area contributed by atoms with Crippen molar-refractivity contribution in [3.8, 4) is 0 Å². The number of hydrogen-bond acceptors (Lipinski definition) is 6. The third kappa shape index (κ3) is 7.58. The summed E-state index contributed by atoms with van der Waals surface area (Å²) in [6, 6.07) is -0.846. The van der Waals surface area contributed by atoms with E-state index in [4.69, 9.17) is 9.47 Å². The van der Waals surface area contributed by atoms with E-state index in [1.165, 1.54) is 18.7 Å². The number of carboxylic acid groups (broad SMARTS) is 1. The molecule has 0 amide bonds. The van der Waals surface area contributed by atoms with Crippen LogP contribution in [0.4, 0.5) is 0 Å². The molecule has 0 aromatic heterocycles. The number of rotatable bonds is 10. The zero-order valence-electron chi connectivity index (χ0n) is 13.3. The van der Waals surface area contributed by atoms with E-state index in [0.717, 1.165) is 0 Å². The summed E-state index contributed by atoms with van der Waals surface area (Å²) >= 11 is 0. The predicted molar refractivity (Wildman–Crippen MR) is 80.2 cm³/mol. The molecule has 0 aliphatic carbocycles. The summed E-state index contributed by atoms with van der Waals surface area (Å²) in [5.41, 5.74) is 0.538. The number of likely N-dealkylation sites (N-methyl/N-ethyl adjacent to an activating group) is 1. The number of esters is 2. The highest BCUT2D eigenvalue weighted by molar-refractivity contribution is 5.87. The smallest absolute Gasteiger partial charge is 0.333 e. The van der Waals surface area contributed by atoms with Crippen LogP contribution >= 0.6 is 0 Å². The second kappa shape index (κ2) is 9.73. The molecule has 1 N–H and O–H groups in total. The van der Waals surface area contributed by atoms with Crippen LogP contribution in [0.25, 0.3) is 0 Å². The van der Waals surface area contributed by atoms with Crippen LogP contribution in [0, 0.1) is 0 Å². The van der Waals surface area contributed by atoms with Gasteiger partial charge in [0.2, 0.25) is 0 Å². The molecular formula is C15H23NO6. The van der Waals surface area contributed by atoms with Crippen molar-refractivity contribution >= 4 is 17.9 Å². The van der Waals surface area contributed by atoms with Gasteiger partial charge in [0.25, 0.3) is 0 Å². The average Bonchev–Trinajstić information content (AvgIpc) is 2.42. The van der Waals surface area contributed by atoms with E-state index in [0.29, 0.717) is 0 Å². The Morgan fingerprint density at radius 2 is 1.50 bits per heavy atom. The number of carbonyl (C=O) groups is 3. The van der Waals surface area contributed by atoms with E-state index < -0.39 is 23.9 Å². The highest BCUT2D eigenvalue weighted by Crippen LogP contribution is 2.05. The van der Waals surface area contributed by atoms with E-state index in [1.807, 2.05) is 0 Å². The lowest BCUT2D eigenvalue weighted by molar-refractivity contribution is -0.147. The Morgan fingerprint density at radius 3 is 1.91 bits per heavy atom. The van der Waals surface area contributed by atoms with Gasteiger partial charge in [0.05, 0.1) is 6.61 Å². The molecule has 22 heavy (non-hydrogen) atoms. The number of ether oxygens (including phenoxy) is 2. The fourth-order valence-electron chi connectivity index (χ4n) is 1.48. The third-order valence-electron chi connectivity index (χ3n) is 2.82. The van der Waals surface area contributed by atoms with Gasteiger partial charge < -0.3 is 14.6 Å². The van der Waals surface area contributed by atoms with Crippen LogP contribution in [-0.2, 0) is 23.9 Å². The first-order valence-corrected chi connectivity index (χ1v) is 6.75. The molecule has 0 spiro atoms. The van der Waals surface area contributed by atoms with Crippen LogP contribution in [0.5, 0.6) is 0 Å². The fraction of sp³-hybridized carbons (Fsp3) is 0.533. The van der Waals surface area contributed by atoms with Crippen molar-refractivity contribution in [3.05, 3.63) is 24.3 Å². The molecule has 0 rings (SSSR count). The number of nitrogens with zero attached hydrogens (tertiary/aromatic N) is 1. The first-order chi connectivity index (χ1) is 10.2. The van der Waals surface area contributed by atoms with Crippen LogP contribution in [0.2, 0.25) is 0 Å². The molecule has 0 saturated carbocycles. The minimum atomic E-state index is -1.04. The van der Waals surface area contributed by atoms with Crippen LogP contribution in [0.3, 0.4) is 0 Å². The summed E-state index contributed by atoms with van der Waals surface area (Å²) in [6.07, 6.45) is 0.124. The minimum Gasteiger partial charge on any atom is -0.480 e. The standard InChI is InChI=1S/C15H23NO6/c1-10(2)14(19)21-8-6-12(13(17)18)16(5)7-9-22-15(20)11(3)4/h12H,1,3,6-9H2,2,4-5H3,(H,17,18). The second-order valence-corrected chi connectivity index (χ2v) is 4.96. The van der Waals surface area contributed by atoms with Gasteiger partial charge in [-0.15, -0.1) is 0 Å². The molecule has 0 bridgehead atoms. The van der Waals surface area contributed by atoms with E-state index >= 15 is 0 Å². The van der Waals surface area contributed by atoms with Gasteiger partial charge >= 0.3 is 17.9 Å².